The molecule has 3 aromatic rings. The maximum Gasteiger partial charge on any atom is 0.244 e. The Hall–Kier alpha value is -3.37. The van der Waals surface area contributed by atoms with Crippen molar-refractivity contribution in [2.24, 2.45) is 0 Å². The molecule has 208 valence electrons. The van der Waals surface area contributed by atoms with Crippen LogP contribution >= 0.6 is 15.9 Å². The maximum absolute atomic E-state index is 14.1. The van der Waals surface area contributed by atoms with E-state index in [9.17, 15) is 18.0 Å². The van der Waals surface area contributed by atoms with Gasteiger partial charge in [0.2, 0.25) is 21.8 Å². The molecule has 0 radical (unpaired) electrons. The van der Waals surface area contributed by atoms with E-state index in [4.69, 9.17) is 4.74 Å². The van der Waals surface area contributed by atoms with Gasteiger partial charge in [-0.25, -0.2) is 8.42 Å². The lowest BCUT2D eigenvalue weighted by Crippen LogP contribution is -2.54. The van der Waals surface area contributed by atoms with Crippen LogP contribution in [-0.2, 0) is 32.6 Å². The highest BCUT2D eigenvalue weighted by molar-refractivity contribution is 9.10. The number of benzene rings is 3. The number of hydrogen-bond acceptors (Lipinski definition) is 5. The number of sulfonamides is 1. The van der Waals surface area contributed by atoms with Gasteiger partial charge in [0, 0.05) is 23.5 Å². The summed E-state index contributed by atoms with van der Waals surface area (Å²) in [6.07, 6.45) is 1.31. The highest BCUT2D eigenvalue weighted by atomic mass is 79.9. The molecule has 1 unspecified atom stereocenters. The number of para-hydroxylation sites is 1. The number of nitrogens with one attached hydrogen (secondary N) is 1. The number of methoxy groups -OCH3 is 1. The van der Waals surface area contributed by atoms with Crippen molar-refractivity contribution < 1.29 is 22.7 Å². The summed E-state index contributed by atoms with van der Waals surface area (Å²) >= 11 is 3.40. The second-order valence-electron chi connectivity index (χ2n) is 9.46. The molecule has 3 rings (SSSR count). The van der Waals surface area contributed by atoms with Crippen LogP contribution in [0.2, 0.25) is 0 Å². The van der Waals surface area contributed by atoms with Gasteiger partial charge in [-0.15, -0.1) is 0 Å². The summed E-state index contributed by atoms with van der Waals surface area (Å²) in [5.74, 6) is -0.229. The van der Waals surface area contributed by atoms with E-state index in [1.54, 1.807) is 49.6 Å². The van der Waals surface area contributed by atoms with Crippen LogP contribution in [0.15, 0.2) is 83.3 Å². The zero-order chi connectivity index (χ0) is 28.6. The number of halogens is 1. The van der Waals surface area contributed by atoms with Gasteiger partial charge >= 0.3 is 0 Å². The standard InChI is InChI=1S/C29H34BrN3O5S/c1-21(2)31-29(35)27(18-22-11-6-5-7-12-22)32(19-23-13-10-14-24(17-23)38-3)28(34)20-33(39(4,36)37)26-16-9-8-15-25(26)30/h5-17,21,27H,18-20H2,1-4H3,(H,31,35). The highest BCUT2D eigenvalue weighted by Gasteiger charge is 2.33. The molecule has 0 aromatic heterocycles. The van der Waals surface area contributed by atoms with Crippen molar-refractivity contribution in [2.75, 3.05) is 24.2 Å². The maximum atomic E-state index is 14.1. The van der Waals surface area contributed by atoms with E-state index in [2.05, 4.69) is 21.2 Å². The largest absolute Gasteiger partial charge is 0.497 e. The Morgan fingerprint density at radius 3 is 2.21 bits per heavy atom. The second-order valence-corrected chi connectivity index (χ2v) is 12.2. The van der Waals surface area contributed by atoms with E-state index >= 15 is 0 Å². The Labute approximate surface area is 239 Å². The van der Waals surface area contributed by atoms with E-state index < -0.39 is 28.5 Å². The molecule has 0 aliphatic heterocycles. The summed E-state index contributed by atoms with van der Waals surface area (Å²) in [6.45, 7) is 3.30. The monoisotopic (exact) mass is 615 g/mol. The fourth-order valence-corrected chi connectivity index (χ4v) is 5.63. The zero-order valence-electron chi connectivity index (χ0n) is 22.5. The lowest BCUT2D eigenvalue weighted by molar-refractivity contribution is -0.140. The minimum absolute atomic E-state index is 0.0760. The van der Waals surface area contributed by atoms with Crippen LogP contribution in [0.25, 0.3) is 0 Å². The first kappa shape index (κ1) is 30.2. The summed E-state index contributed by atoms with van der Waals surface area (Å²) in [7, 11) is -2.29. The molecule has 2 amide bonds. The average molecular weight is 617 g/mol. The van der Waals surface area contributed by atoms with Crippen molar-refractivity contribution >= 4 is 43.5 Å². The molecule has 3 aromatic carbocycles. The lowest BCUT2D eigenvalue weighted by Gasteiger charge is -2.34. The number of amides is 2. The van der Waals surface area contributed by atoms with Crippen molar-refractivity contribution in [1.82, 2.24) is 10.2 Å². The van der Waals surface area contributed by atoms with E-state index in [1.807, 2.05) is 50.2 Å². The first-order valence-corrected chi connectivity index (χ1v) is 15.1. The molecule has 0 fully saturated rings. The first-order chi connectivity index (χ1) is 18.5. The van der Waals surface area contributed by atoms with Crippen LogP contribution in [-0.4, -0.2) is 57.1 Å². The van der Waals surface area contributed by atoms with Crippen molar-refractivity contribution in [3.8, 4) is 5.75 Å². The van der Waals surface area contributed by atoms with Crippen molar-refractivity contribution in [3.63, 3.8) is 0 Å². The molecule has 0 heterocycles. The second kappa shape index (κ2) is 13.6. The Morgan fingerprint density at radius 1 is 0.949 bits per heavy atom. The molecule has 0 aliphatic carbocycles. The van der Waals surface area contributed by atoms with Gasteiger partial charge < -0.3 is 15.0 Å². The SMILES string of the molecule is COc1cccc(CN(C(=O)CN(c2ccccc2Br)S(C)(=O)=O)C(Cc2ccccc2)C(=O)NC(C)C)c1. The normalized spacial score (nSPS) is 12.1. The molecule has 10 heteroatoms. The minimum atomic E-state index is -3.84. The molecule has 0 saturated heterocycles. The zero-order valence-corrected chi connectivity index (χ0v) is 24.9. The van der Waals surface area contributed by atoms with Gasteiger partial charge in [0.05, 0.1) is 19.1 Å². The van der Waals surface area contributed by atoms with Crippen molar-refractivity contribution in [1.29, 1.82) is 0 Å². The number of hydrogen-bond donors (Lipinski definition) is 1. The summed E-state index contributed by atoms with van der Waals surface area (Å²) < 4.78 is 32.7. The number of anilines is 1. The minimum Gasteiger partial charge on any atom is -0.497 e. The average Bonchev–Trinajstić information content (AvgIpc) is 2.89. The van der Waals surface area contributed by atoms with Crippen LogP contribution in [0.1, 0.15) is 25.0 Å². The van der Waals surface area contributed by atoms with Gasteiger partial charge in [-0.3, -0.25) is 13.9 Å². The van der Waals surface area contributed by atoms with Crippen LogP contribution < -0.4 is 14.4 Å². The molecule has 39 heavy (non-hydrogen) atoms. The summed E-state index contributed by atoms with van der Waals surface area (Å²) in [5.41, 5.74) is 1.95. The third-order valence-corrected chi connectivity index (χ3v) is 7.79. The number of carbonyl (C=O) groups is 2. The molecular formula is C29H34BrN3O5S. The highest BCUT2D eigenvalue weighted by Crippen LogP contribution is 2.28. The molecule has 1 N–H and O–H groups in total. The number of carbonyl (C=O) groups excluding carboxylic acids is 2. The van der Waals surface area contributed by atoms with Gasteiger partial charge in [0.15, 0.2) is 0 Å². The van der Waals surface area contributed by atoms with Gasteiger partial charge in [0.25, 0.3) is 0 Å². The van der Waals surface area contributed by atoms with E-state index in [1.165, 1.54) is 4.90 Å². The molecule has 0 bridgehead atoms. The van der Waals surface area contributed by atoms with Crippen LogP contribution in [0, 0.1) is 0 Å². The third-order valence-electron chi connectivity index (χ3n) is 5.99. The van der Waals surface area contributed by atoms with Gasteiger partial charge in [-0.1, -0.05) is 54.6 Å². The Kier molecular flexibility index (Phi) is 10.5. The number of rotatable bonds is 12. The fourth-order valence-electron chi connectivity index (χ4n) is 4.15. The van der Waals surface area contributed by atoms with Crippen LogP contribution in [0.4, 0.5) is 5.69 Å². The smallest absolute Gasteiger partial charge is 0.244 e. The van der Waals surface area contributed by atoms with Crippen LogP contribution in [0.3, 0.4) is 0 Å². The van der Waals surface area contributed by atoms with E-state index in [0.29, 0.717) is 15.9 Å². The summed E-state index contributed by atoms with van der Waals surface area (Å²) in [6, 6.07) is 22.4. The molecular weight excluding hydrogens is 582 g/mol. The molecule has 0 saturated carbocycles. The Morgan fingerprint density at radius 2 is 1.59 bits per heavy atom. The predicted molar refractivity (Wildman–Crippen MR) is 157 cm³/mol. The molecule has 0 aliphatic rings. The molecule has 1 atom stereocenters. The number of ether oxygens (including phenoxy) is 1. The number of nitrogens with zero attached hydrogens (tertiary/aromatic N) is 2. The van der Waals surface area contributed by atoms with Crippen molar-refractivity contribution in [3.05, 3.63) is 94.5 Å². The molecule has 0 spiro atoms. The van der Waals surface area contributed by atoms with E-state index in [0.717, 1.165) is 21.7 Å². The topological polar surface area (TPSA) is 96.0 Å². The van der Waals surface area contributed by atoms with Gasteiger partial charge in [-0.2, -0.15) is 0 Å². The fraction of sp³-hybridized carbons (Fsp3) is 0.310. The quantitative estimate of drug-likeness (QED) is 0.326. The lowest BCUT2D eigenvalue weighted by atomic mass is 10.0. The third kappa shape index (κ3) is 8.56. The van der Waals surface area contributed by atoms with Gasteiger partial charge in [-0.05, 0) is 65.2 Å². The Balaban J connectivity index is 2.08. The Bertz CT molecular complexity index is 1380. The predicted octanol–water partition coefficient (Wildman–Crippen LogP) is 4.39. The van der Waals surface area contributed by atoms with Crippen molar-refractivity contribution in [2.45, 2.75) is 38.9 Å². The van der Waals surface area contributed by atoms with E-state index in [-0.39, 0.29) is 24.9 Å². The first-order valence-electron chi connectivity index (χ1n) is 12.5. The van der Waals surface area contributed by atoms with Gasteiger partial charge in [0.1, 0.15) is 18.3 Å². The summed E-state index contributed by atoms with van der Waals surface area (Å²) in [4.78, 5) is 29.1. The molecule has 8 nitrogen and oxygen atoms in total. The van der Waals surface area contributed by atoms with Crippen LogP contribution in [0.5, 0.6) is 5.75 Å². The summed E-state index contributed by atoms with van der Waals surface area (Å²) in [5, 5.41) is 2.93.